The van der Waals surface area contributed by atoms with Crippen LogP contribution in [-0.2, 0) is 0 Å². The predicted octanol–water partition coefficient (Wildman–Crippen LogP) is 3.43. The van der Waals surface area contributed by atoms with Gasteiger partial charge in [-0.3, -0.25) is 4.79 Å². The zero-order valence-electron chi connectivity index (χ0n) is 15.1. The molecule has 3 amide bonds. The number of nitrogens with one attached hydrogen (secondary N) is 1. The van der Waals surface area contributed by atoms with E-state index in [2.05, 4.69) is 10.2 Å². The third-order valence-electron chi connectivity index (χ3n) is 6.17. The molecule has 2 unspecified atom stereocenters. The van der Waals surface area contributed by atoms with E-state index in [0.717, 1.165) is 31.2 Å². The van der Waals surface area contributed by atoms with Crippen LogP contribution in [0.15, 0.2) is 24.3 Å². The summed E-state index contributed by atoms with van der Waals surface area (Å²) in [5.74, 6) is 2.18. The number of carbonyl (C=O) groups excluding carboxylic acids is 2. The zero-order chi connectivity index (χ0) is 17.6. The van der Waals surface area contributed by atoms with Crippen LogP contribution in [0.3, 0.4) is 0 Å². The van der Waals surface area contributed by atoms with E-state index in [1.807, 2.05) is 18.2 Å². The Morgan fingerprint density at radius 2 is 1.64 bits per heavy atom. The minimum absolute atomic E-state index is 0.0443. The lowest BCUT2D eigenvalue weighted by atomic mass is 9.68. The van der Waals surface area contributed by atoms with Crippen molar-refractivity contribution in [3.63, 3.8) is 0 Å². The second-order valence-electron chi connectivity index (χ2n) is 8.26. The Bertz CT molecular complexity index is 673. The van der Waals surface area contributed by atoms with Crippen LogP contribution < -0.4 is 5.32 Å². The normalized spacial score (nSPS) is 30.1. The molecule has 2 saturated heterocycles. The van der Waals surface area contributed by atoms with E-state index in [0.29, 0.717) is 23.2 Å². The van der Waals surface area contributed by atoms with Crippen molar-refractivity contribution in [3.05, 3.63) is 29.8 Å². The summed E-state index contributed by atoms with van der Waals surface area (Å²) in [5.41, 5.74) is 1.15. The van der Waals surface area contributed by atoms with Crippen LogP contribution in [0, 0.1) is 17.8 Å². The predicted molar refractivity (Wildman–Crippen MR) is 97.5 cm³/mol. The molecule has 5 rings (SSSR count). The number of benzene rings is 1. The van der Waals surface area contributed by atoms with E-state index in [-0.39, 0.29) is 11.9 Å². The Morgan fingerprint density at radius 1 is 1.00 bits per heavy atom. The smallest absolute Gasteiger partial charge is 0.322 e. The van der Waals surface area contributed by atoms with Gasteiger partial charge in [0, 0.05) is 26.7 Å². The number of para-hydroxylation sites is 1. The van der Waals surface area contributed by atoms with Gasteiger partial charge in [0.15, 0.2) is 0 Å². The summed E-state index contributed by atoms with van der Waals surface area (Å²) < 4.78 is 0. The van der Waals surface area contributed by atoms with Crippen LogP contribution >= 0.6 is 0 Å². The van der Waals surface area contributed by atoms with Crippen molar-refractivity contribution >= 4 is 17.6 Å². The van der Waals surface area contributed by atoms with Gasteiger partial charge in [-0.25, -0.2) is 4.79 Å². The highest BCUT2D eigenvalue weighted by molar-refractivity contribution is 6.03. The maximum absolute atomic E-state index is 13.0. The fraction of sp³-hybridized carbons (Fsp3) is 0.600. The second kappa shape index (κ2) is 6.36. The minimum atomic E-state index is -0.0910. The van der Waals surface area contributed by atoms with Crippen molar-refractivity contribution in [2.75, 3.05) is 26.0 Å². The summed E-state index contributed by atoms with van der Waals surface area (Å²) in [7, 11) is 3.45. The molecule has 2 heterocycles. The fourth-order valence-corrected chi connectivity index (χ4v) is 5.24. The van der Waals surface area contributed by atoms with E-state index >= 15 is 0 Å². The molecular weight excluding hydrogens is 314 g/mol. The molecule has 2 saturated carbocycles. The van der Waals surface area contributed by atoms with Gasteiger partial charge in [0.25, 0.3) is 5.91 Å². The van der Waals surface area contributed by atoms with Crippen LogP contribution in [0.4, 0.5) is 10.5 Å². The van der Waals surface area contributed by atoms with Crippen molar-refractivity contribution in [1.82, 2.24) is 9.80 Å². The molecule has 5 nitrogen and oxygen atoms in total. The molecule has 2 aliphatic carbocycles. The average Bonchev–Trinajstić information content (AvgIpc) is 2.78. The maximum atomic E-state index is 13.0. The van der Waals surface area contributed by atoms with Crippen molar-refractivity contribution in [1.29, 1.82) is 0 Å². The standard InChI is InChI=1S/C20H27N3O2/c1-22(2)19(24)17-5-3-4-6-18(17)21-20(25)23-12-15-8-13-7-14(9-15)11-16(23)10-13/h3-6,13-16H,7-12H2,1-2H3,(H,21,25)/t13-,14+,15?,16?. The van der Waals surface area contributed by atoms with Gasteiger partial charge >= 0.3 is 6.03 Å². The Morgan fingerprint density at radius 3 is 2.32 bits per heavy atom. The topological polar surface area (TPSA) is 52.7 Å². The van der Waals surface area contributed by atoms with Gasteiger partial charge in [0.2, 0.25) is 0 Å². The van der Waals surface area contributed by atoms with Crippen LogP contribution in [0.2, 0.25) is 0 Å². The molecule has 0 radical (unpaired) electrons. The first-order chi connectivity index (χ1) is 12.0. The molecule has 2 aliphatic heterocycles. The lowest BCUT2D eigenvalue weighted by Gasteiger charge is -2.38. The number of fused-ring (bicyclic) bond motifs is 1. The van der Waals surface area contributed by atoms with Crippen LogP contribution in [-0.4, -0.2) is 48.4 Å². The van der Waals surface area contributed by atoms with Gasteiger partial charge in [-0.15, -0.1) is 0 Å². The molecule has 134 valence electrons. The maximum Gasteiger partial charge on any atom is 0.322 e. The van der Waals surface area contributed by atoms with Crippen molar-refractivity contribution in [2.45, 2.75) is 38.1 Å². The summed E-state index contributed by atoms with van der Waals surface area (Å²) in [6.45, 7) is 0.868. The Hall–Kier alpha value is -2.04. The molecule has 25 heavy (non-hydrogen) atoms. The van der Waals surface area contributed by atoms with E-state index in [9.17, 15) is 9.59 Å². The largest absolute Gasteiger partial charge is 0.345 e. The first-order valence-electron chi connectivity index (χ1n) is 9.39. The van der Waals surface area contributed by atoms with Crippen LogP contribution in [0.25, 0.3) is 0 Å². The van der Waals surface area contributed by atoms with E-state index in [4.69, 9.17) is 0 Å². The third-order valence-corrected chi connectivity index (χ3v) is 6.17. The van der Waals surface area contributed by atoms with Crippen LogP contribution in [0.5, 0.6) is 0 Å². The third kappa shape index (κ3) is 3.12. The molecule has 1 N–H and O–H groups in total. The number of urea groups is 1. The summed E-state index contributed by atoms with van der Waals surface area (Å²) in [5, 5.41) is 3.03. The van der Waals surface area contributed by atoms with Gasteiger partial charge in [-0.05, 0) is 62.0 Å². The quantitative estimate of drug-likeness (QED) is 0.896. The van der Waals surface area contributed by atoms with Gasteiger partial charge < -0.3 is 15.1 Å². The highest BCUT2D eigenvalue weighted by Gasteiger charge is 2.44. The van der Waals surface area contributed by atoms with Gasteiger partial charge in [0.05, 0.1) is 11.3 Å². The summed E-state index contributed by atoms with van der Waals surface area (Å²) in [4.78, 5) is 29.0. The molecule has 1 aromatic rings. The number of hydrogen-bond donors (Lipinski definition) is 1. The van der Waals surface area contributed by atoms with Crippen molar-refractivity contribution < 1.29 is 9.59 Å². The fourth-order valence-electron chi connectivity index (χ4n) is 5.24. The Balaban J connectivity index is 1.54. The first kappa shape index (κ1) is 16.4. The lowest BCUT2D eigenvalue weighted by molar-refractivity contribution is 0.0828. The minimum Gasteiger partial charge on any atom is -0.345 e. The second-order valence-corrected chi connectivity index (χ2v) is 8.26. The van der Waals surface area contributed by atoms with E-state index in [1.54, 1.807) is 20.2 Å². The summed E-state index contributed by atoms with van der Waals surface area (Å²) in [6, 6.07) is 7.60. The molecule has 4 bridgehead atoms. The average molecular weight is 341 g/mol. The monoisotopic (exact) mass is 341 g/mol. The number of anilines is 1. The highest BCUT2D eigenvalue weighted by atomic mass is 16.2. The number of hydrogen-bond acceptors (Lipinski definition) is 2. The highest BCUT2D eigenvalue weighted by Crippen LogP contribution is 2.47. The Kier molecular flexibility index (Phi) is 4.18. The van der Waals surface area contributed by atoms with Crippen LogP contribution in [0.1, 0.15) is 42.5 Å². The lowest BCUT2D eigenvalue weighted by Crippen LogP contribution is -2.44. The van der Waals surface area contributed by atoms with Crippen molar-refractivity contribution in [2.24, 2.45) is 17.8 Å². The zero-order valence-corrected chi connectivity index (χ0v) is 15.1. The molecule has 0 spiro atoms. The summed E-state index contributed by atoms with van der Waals surface area (Å²) in [6.07, 6.45) is 6.24. The number of rotatable bonds is 2. The molecule has 4 atom stereocenters. The summed E-state index contributed by atoms with van der Waals surface area (Å²) >= 11 is 0. The van der Waals surface area contributed by atoms with E-state index < -0.39 is 0 Å². The molecule has 4 aliphatic rings. The molecule has 1 aromatic carbocycles. The van der Waals surface area contributed by atoms with Crippen molar-refractivity contribution in [3.8, 4) is 0 Å². The first-order valence-corrected chi connectivity index (χ1v) is 9.39. The molecule has 4 fully saturated rings. The molecule has 0 aromatic heterocycles. The van der Waals surface area contributed by atoms with Gasteiger partial charge in [-0.1, -0.05) is 12.1 Å². The number of carbonyl (C=O) groups is 2. The number of nitrogens with zero attached hydrogens (tertiary/aromatic N) is 2. The molecule has 5 heteroatoms. The van der Waals surface area contributed by atoms with E-state index in [1.165, 1.54) is 24.2 Å². The van der Waals surface area contributed by atoms with Gasteiger partial charge in [-0.2, -0.15) is 0 Å². The molecular formula is C20H27N3O2. The number of amides is 3. The Labute approximate surface area is 149 Å². The van der Waals surface area contributed by atoms with Gasteiger partial charge in [0.1, 0.15) is 0 Å². The SMILES string of the molecule is CN(C)C(=O)c1ccccc1NC(=O)N1CC2C[C@@H]3CC1C[C@H](C2)C3.